The maximum Gasteiger partial charge on any atom is 0.338 e. The molecule has 2 saturated heterocycles. The van der Waals surface area contributed by atoms with Crippen LogP contribution in [0, 0.1) is 12.7 Å². The summed E-state index contributed by atoms with van der Waals surface area (Å²) in [4.78, 5) is 27.0. The van der Waals surface area contributed by atoms with Crippen LogP contribution in [0.4, 0.5) is 14.9 Å². The lowest BCUT2D eigenvalue weighted by Crippen LogP contribution is -2.58. The number of nitrogens with one attached hydrogen (secondary N) is 2. The van der Waals surface area contributed by atoms with Crippen LogP contribution < -0.4 is 15.8 Å². The number of hydrazine groups is 1. The molecule has 2 aromatic carbocycles. The van der Waals surface area contributed by atoms with Gasteiger partial charge in [-0.3, -0.25) is 4.79 Å². The van der Waals surface area contributed by atoms with Gasteiger partial charge < -0.3 is 10.2 Å². The van der Waals surface area contributed by atoms with E-state index < -0.39 is 5.66 Å². The van der Waals surface area contributed by atoms with Crippen molar-refractivity contribution in [2.75, 3.05) is 18.1 Å². The molecule has 7 heteroatoms. The van der Waals surface area contributed by atoms with Gasteiger partial charge in [-0.05, 0) is 42.8 Å². The zero-order chi connectivity index (χ0) is 19.0. The number of benzene rings is 2. The zero-order valence-electron chi connectivity index (χ0n) is 15.0. The van der Waals surface area contributed by atoms with Crippen LogP contribution in [-0.2, 0) is 0 Å². The predicted molar refractivity (Wildman–Crippen MR) is 99.6 cm³/mol. The second kappa shape index (κ2) is 6.66. The number of amides is 3. The van der Waals surface area contributed by atoms with Crippen LogP contribution in [0.15, 0.2) is 48.5 Å². The first kappa shape index (κ1) is 17.5. The summed E-state index contributed by atoms with van der Waals surface area (Å²) in [6.45, 7) is 3.01. The van der Waals surface area contributed by atoms with Crippen LogP contribution in [0.3, 0.4) is 0 Å². The van der Waals surface area contributed by atoms with E-state index in [1.807, 2.05) is 36.1 Å². The average molecular weight is 368 g/mol. The van der Waals surface area contributed by atoms with Gasteiger partial charge in [-0.25, -0.2) is 19.6 Å². The van der Waals surface area contributed by atoms with E-state index in [4.69, 9.17) is 0 Å². The van der Waals surface area contributed by atoms with E-state index in [2.05, 4.69) is 10.7 Å². The molecule has 2 fully saturated rings. The molecule has 0 bridgehead atoms. The summed E-state index contributed by atoms with van der Waals surface area (Å²) >= 11 is 0. The van der Waals surface area contributed by atoms with Crippen LogP contribution in [-0.4, -0.2) is 35.6 Å². The Morgan fingerprint density at radius 1 is 1.07 bits per heavy atom. The monoisotopic (exact) mass is 368 g/mol. The summed E-state index contributed by atoms with van der Waals surface area (Å²) in [5.74, 6) is -0.334. The van der Waals surface area contributed by atoms with Crippen molar-refractivity contribution in [1.82, 2.24) is 15.6 Å². The van der Waals surface area contributed by atoms with Gasteiger partial charge in [0, 0.05) is 31.5 Å². The minimum absolute atomic E-state index is 0.0164. The van der Waals surface area contributed by atoms with Gasteiger partial charge in [0.15, 0.2) is 0 Å². The number of hydrogen-bond acceptors (Lipinski definition) is 3. The first-order valence-corrected chi connectivity index (χ1v) is 8.98. The Hall–Kier alpha value is -2.93. The Balaban J connectivity index is 1.44. The molecule has 0 saturated carbocycles. The molecule has 2 N–H and O–H groups in total. The third-order valence-corrected chi connectivity index (χ3v) is 5.24. The first-order valence-electron chi connectivity index (χ1n) is 8.98. The molecular formula is C20H21FN4O2. The molecule has 140 valence electrons. The molecule has 2 heterocycles. The van der Waals surface area contributed by atoms with Gasteiger partial charge in [0.05, 0.1) is 5.69 Å². The van der Waals surface area contributed by atoms with Crippen LogP contribution in [0.25, 0.3) is 0 Å². The number of carbonyl (C=O) groups is 2. The Morgan fingerprint density at radius 2 is 1.74 bits per heavy atom. The number of carbonyl (C=O) groups excluding carboxylic acids is 2. The van der Waals surface area contributed by atoms with Crippen molar-refractivity contribution in [3.8, 4) is 0 Å². The topological polar surface area (TPSA) is 64.7 Å². The number of urea groups is 1. The molecule has 4 rings (SSSR count). The van der Waals surface area contributed by atoms with E-state index in [9.17, 15) is 14.0 Å². The number of aryl methyl sites for hydroxylation is 1. The number of hydrogen-bond donors (Lipinski definition) is 2. The van der Waals surface area contributed by atoms with Gasteiger partial charge in [0.1, 0.15) is 11.5 Å². The Morgan fingerprint density at radius 3 is 2.41 bits per heavy atom. The lowest BCUT2D eigenvalue weighted by atomic mass is 9.97. The largest absolute Gasteiger partial charge is 0.338 e. The van der Waals surface area contributed by atoms with Gasteiger partial charge in [-0.1, -0.05) is 18.2 Å². The van der Waals surface area contributed by atoms with Gasteiger partial charge >= 0.3 is 6.03 Å². The highest BCUT2D eigenvalue weighted by Gasteiger charge is 2.45. The molecule has 27 heavy (non-hydrogen) atoms. The number of piperidine rings is 1. The summed E-state index contributed by atoms with van der Waals surface area (Å²) in [6, 6.07) is 13.0. The molecule has 0 aromatic heterocycles. The van der Waals surface area contributed by atoms with Crippen molar-refractivity contribution in [2.24, 2.45) is 0 Å². The molecule has 0 atom stereocenters. The molecule has 6 nitrogen and oxygen atoms in total. The first-order chi connectivity index (χ1) is 13.0. The predicted octanol–water partition coefficient (Wildman–Crippen LogP) is 2.80. The van der Waals surface area contributed by atoms with E-state index in [-0.39, 0.29) is 17.8 Å². The molecule has 0 unspecified atom stereocenters. The van der Waals surface area contributed by atoms with Crippen LogP contribution in [0.5, 0.6) is 0 Å². The second-order valence-electron chi connectivity index (χ2n) is 7.04. The van der Waals surface area contributed by atoms with Crippen LogP contribution in [0.2, 0.25) is 0 Å². The smallest absolute Gasteiger partial charge is 0.338 e. The molecule has 1 spiro atoms. The summed E-state index contributed by atoms with van der Waals surface area (Å²) in [5.41, 5.74) is 4.87. The van der Waals surface area contributed by atoms with E-state index in [1.165, 1.54) is 17.1 Å². The number of rotatable bonds is 2. The number of anilines is 1. The van der Waals surface area contributed by atoms with Gasteiger partial charge in [0.2, 0.25) is 0 Å². The third-order valence-electron chi connectivity index (χ3n) is 5.24. The van der Waals surface area contributed by atoms with Crippen LogP contribution in [0.1, 0.15) is 28.8 Å². The number of likely N-dealkylation sites (tertiary alicyclic amines) is 1. The van der Waals surface area contributed by atoms with Crippen LogP contribution >= 0.6 is 0 Å². The molecular weight excluding hydrogens is 347 g/mol. The normalized spacial score (nSPS) is 18.7. The fourth-order valence-electron chi connectivity index (χ4n) is 3.64. The van der Waals surface area contributed by atoms with E-state index in [0.717, 1.165) is 5.56 Å². The lowest BCUT2D eigenvalue weighted by Gasteiger charge is -2.39. The van der Waals surface area contributed by atoms with E-state index >= 15 is 0 Å². The summed E-state index contributed by atoms with van der Waals surface area (Å²) in [6.07, 6.45) is 1.18. The minimum atomic E-state index is -0.589. The maximum absolute atomic E-state index is 13.1. The van der Waals surface area contributed by atoms with Crippen molar-refractivity contribution in [2.45, 2.75) is 25.4 Å². The Kier molecular flexibility index (Phi) is 4.31. The van der Waals surface area contributed by atoms with Gasteiger partial charge in [-0.2, -0.15) is 0 Å². The fourth-order valence-corrected chi connectivity index (χ4v) is 3.64. The Bertz CT molecular complexity index is 876. The zero-order valence-corrected chi connectivity index (χ0v) is 15.0. The van der Waals surface area contributed by atoms with E-state index in [0.29, 0.717) is 37.2 Å². The second-order valence-corrected chi connectivity index (χ2v) is 7.04. The number of halogens is 1. The van der Waals surface area contributed by atoms with Crippen molar-refractivity contribution in [1.29, 1.82) is 0 Å². The molecule has 2 aliphatic rings. The summed E-state index contributed by atoms with van der Waals surface area (Å²) < 4.78 is 13.1. The highest BCUT2D eigenvalue weighted by Crippen LogP contribution is 2.28. The van der Waals surface area contributed by atoms with Crippen molar-refractivity contribution in [3.63, 3.8) is 0 Å². The van der Waals surface area contributed by atoms with Crippen molar-refractivity contribution in [3.05, 3.63) is 65.5 Å². The molecule has 0 radical (unpaired) electrons. The highest BCUT2D eigenvalue weighted by molar-refractivity contribution is 5.96. The highest BCUT2D eigenvalue weighted by atomic mass is 19.1. The standard InChI is InChI=1S/C20H21FN4O2/c1-14-4-2-3-5-17(14)18(26)24-12-10-20(11-13-24)22-19(27)25(23-20)16-8-6-15(21)7-9-16/h2-9,23H,10-13H2,1H3,(H,22,27). The third kappa shape index (κ3) is 3.26. The van der Waals surface area contributed by atoms with Gasteiger partial charge in [0.25, 0.3) is 5.91 Å². The quantitative estimate of drug-likeness (QED) is 0.857. The number of nitrogens with zero attached hydrogens (tertiary/aromatic N) is 2. The SMILES string of the molecule is Cc1ccccc1C(=O)N1CCC2(CC1)NC(=O)N(c1ccc(F)cc1)N2. The lowest BCUT2D eigenvalue weighted by molar-refractivity contribution is 0.0640. The summed E-state index contributed by atoms with van der Waals surface area (Å²) in [5, 5.41) is 4.39. The van der Waals surface area contributed by atoms with Crippen molar-refractivity contribution >= 4 is 17.6 Å². The summed E-state index contributed by atoms with van der Waals surface area (Å²) in [7, 11) is 0. The van der Waals surface area contributed by atoms with Crippen molar-refractivity contribution < 1.29 is 14.0 Å². The Labute approximate surface area is 156 Å². The molecule has 3 amide bonds. The molecule has 0 aliphatic carbocycles. The average Bonchev–Trinajstić information content (AvgIpc) is 2.99. The van der Waals surface area contributed by atoms with Gasteiger partial charge in [-0.15, -0.1) is 0 Å². The fraction of sp³-hybridized carbons (Fsp3) is 0.300. The maximum atomic E-state index is 13.1. The molecule has 2 aromatic rings. The molecule has 2 aliphatic heterocycles. The minimum Gasteiger partial charge on any atom is -0.338 e. The van der Waals surface area contributed by atoms with E-state index in [1.54, 1.807) is 12.1 Å².